The summed E-state index contributed by atoms with van der Waals surface area (Å²) in [5.41, 5.74) is 3.70. The van der Waals surface area contributed by atoms with E-state index in [2.05, 4.69) is 4.90 Å². The summed E-state index contributed by atoms with van der Waals surface area (Å²) in [6, 6.07) is 13.7. The Labute approximate surface area is 269 Å². The van der Waals surface area contributed by atoms with E-state index in [1.807, 2.05) is 82.3 Å². The van der Waals surface area contributed by atoms with Gasteiger partial charge in [0.15, 0.2) is 0 Å². The molecule has 4 bridgehead atoms. The molecular weight excluding hydrogens is 584 g/mol. The molecule has 6 rings (SSSR count). The highest BCUT2D eigenvalue weighted by Crippen LogP contribution is 2.42. The number of carbonyl (C=O) groups excluding carboxylic acids is 2. The number of carbonyl (C=O) groups is 2. The number of hydrogen-bond donors (Lipinski definition) is 0. The molecule has 0 radical (unpaired) electrons. The largest absolute Gasteiger partial charge is 0.496 e. The molecule has 1 fully saturated rings. The summed E-state index contributed by atoms with van der Waals surface area (Å²) in [4.78, 5) is 28.5. The molecule has 1 saturated heterocycles. The van der Waals surface area contributed by atoms with Crippen LogP contribution in [0.2, 0.25) is 0 Å². The predicted octanol–water partition coefficient (Wildman–Crippen LogP) is 7.35. The van der Waals surface area contributed by atoms with Crippen molar-refractivity contribution < 1.29 is 33.3 Å². The molecule has 0 spiro atoms. The van der Waals surface area contributed by atoms with E-state index in [1.165, 1.54) is 7.11 Å². The molecule has 4 aromatic rings. The molecule has 242 valence electrons. The van der Waals surface area contributed by atoms with Gasteiger partial charge in [0.2, 0.25) is 0 Å². The van der Waals surface area contributed by atoms with E-state index in [-0.39, 0.29) is 18.1 Å². The van der Waals surface area contributed by atoms with E-state index in [4.69, 9.17) is 23.7 Å². The minimum atomic E-state index is -0.622. The van der Waals surface area contributed by atoms with Gasteiger partial charge in [-0.2, -0.15) is 0 Å². The third-order valence-electron chi connectivity index (χ3n) is 8.79. The number of hydrogen-bond acceptors (Lipinski definition) is 8. The lowest BCUT2D eigenvalue weighted by Gasteiger charge is -2.40. The van der Waals surface area contributed by atoms with Crippen molar-refractivity contribution >= 4 is 33.7 Å². The van der Waals surface area contributed by atoms with E-state index in [0.717, 1.165) is 69.3 Å². The maximum absolute atomic E-state index is 13.2. The van der Waals surface area contributed by atoms with Gasteiger partial charge in [-0.05, 0) is 105 Å². The first-order valence-electron chi connectivity index (χ1n) is 15.8. The first-order chi connectivity index (χ1) is 22.1. The lowest BCUT2D eigenvalue weighted by atomic mass is 9.88. The molecule has 0 N–H and O–H groups in total. The van der Waals surface area contributed by atoms with E-state index in [0.29, 0.717) is 25.3 Å². The number of likely N-dealkylation sites (tertiary alicyclic amines) is 1. The van der Waals surface area contributed by atoms with Gasteiger partial charge < -0.3 is 23.7 Å². The fourth-order valence-electron chi connectivity index (χ4n) is 6.71. The van der Waals surface area contributed by atoms with Crippen LogP contribution in [0.1, 0.15) is 66.7 Å². The normalized spacial score (nSPS) is 19.5. The standard InChI is InChI=1S/C37H42N2O7/c1-23-19-33(42-5)31(28-14-16-39(34(23)28)36(41)46-37(2,3)4)22-38-15-13-25-21-32(38)27-11-12-29(35(40)43-6)26-10-9-24(20-30(26)27)44-17-7-8-18-45-25/h7-12,14,16,19-20,25,32H,13,15,17-18,21-22H2,1-6H3/b8-7-/t25-,32-/m0/s1. The minimum Gasteiger partial charge on any atom is -0.496 e. The molecule has 0 amide bonds. The van der Waals surface area contributed by atoms with Gasteiger partial charge in [0.1, 0.15) is 23.7 Å². The van der Waals surface area contributed by atoms with Crippen LogP contribution in [0.15, 0.2) is 60.8 Å². The Morgan fingerprint density at radius 1 is 0.978 bits per heavy atom. The Kier molecular flexibility index (Phi) is 8.81. The molecule has 0 aliphatic carbocycles. The number of piperidine rings is 1. The summed E-state index contributed by atoms with van der Waals surface area (Å²) < 4.78 is 30.8. The molecule has 46 heavy (non-hydrogen) atoms. The van der Waals surface area contributed by atoms with Gasteiger partial charge in [0, 0.05) is 36.3 Å². The van der Waals surface area contributed by atoms with Gasteiger partial charge in [-0.1, -0.05) is 12.1 Å². The number of benzene rings is 3. The van der Waals surface area contributed by atoms with Crippen molar-refractivity contribution in [2.24, 2.45) is 0 Å². The van der Waals surface area contributed by atoms with E-state index in [9.17, 15) is 9.59 Å². The highest BCUT2D eigenvalue weighted by Gasteiger charge is 2.33. The molecule has 0 saturated carbocycles. The van der Waals surface area contributed by atoms with Crippen molar-refractivity contribution in [3.63, 3.8) is 0 Å². The van der Waals surface area contributed by atoms with Crippen LogP contribution in [-0.4, -0.2) is 67.2 Å². The number of esters is 1. The molecule has 0 unspecified atom stereocenters. The fraction of sp³-hybridized carbons (Fsp3) is 0.405. The van der Waals surface area contributed by atoms with Gasteiger partial charge in [-0.25, -0.2) is 9.59 Å². The van der Waals surface area contributed by atoms with Crippen molar-refractivity contribution in [1.29, 1.82) is 0 Å². The number of ether oxygens (including phenoxy) is 5. The van der Waals surface area contributed by atoms with E-state index >= 15 is 0 Å². The van der Waals surface area contributed by atoms with Gasteiger partial charge in [-0.3, -0.25) is 9.47 Å². The molecule has 2 atom stereocenters. The summed E-state index contributed by atoms with van der Waals surface area (Å²) in [5.74, 6) is 1.11. The summed E-state index contributed by atoms with van der Waals surface area (Å²) in [6.45, 7) is 9.87. The van der Waals surface area contributed by atoms with Crippen LogP contribution in [0.3, 0.4) is 0 Å². The second-order valence-electron chi connectivity index (χ2n) is 13.0. The van der Waals surface area contributed by atoms with Gasteiger partial charge in [-0.15, -0.1) is 0 Å². The van der Waals surface area contributed by atoms with E-state index in [1.54, 1.807) is 17.9 Å². The van der Waals surface area contributed by atoms with Gasteiger partial charge in [0.25, 0.3) is 0 Å². The Hall–Kier alpha value is -4.34. The Morgan fingerprint density at radius 2 is 1.78 bits per heavy atom. The van der Waals surface area contributed by atoms with Crippen molar-refractivity contribution in [2.75, 3.05) is 34.0 Å². The fourth-order valence-corrected chi connectivity index (χ4v) is 6.71. The zero-order valence-corrected chi connectivity index (χ0v) is 27.4. The SMILES string of the molecule is COC(=O)c1ccc2c3cc(ccc13)OC/C=C\CO[C@H]1CCN(Cc3c(OC)cc(C)c4c3ccn4C(=O)OC(C)(C)C)[C@H]2C1. The Balaban J connectivity index is 1.47. The number of rotatable bonds is 4. The number of fused-ring (bicyclic) bond motifs is 5. The number of methoxy groups -OCH3 is 2. The summed E-state index contributed by atoms with van der Waals surface area (Å²) in [5, 5.41) is 2.70. The highest BCUT2D eigenvalue weighted by molar-refractivity contribution is 6.06. The maximum atomic E-state index is 13.2. The average Bonchev–Trinajstić information content (AvgIpc) is 3.49. The molecule has 1 aromatic heterocycles. The van der Waals surface area contributed by atoms with Crippen LogP contribution >= 0.6 is 0 Å². The zero-order valence-electron chi connectivity index (χ0n) is 27.4. The lowest BCUT2D eigenvalue weighted by Crippen LogP contribution is -2.39. The third kappa shape index (κ3) is 6.22. The number of aryl methyl sites for hydroxylation is 1. The Bertz CT molecular complexity index is 1820. The highest BCUT2D eigenvalue weighted by atomic mass is 16.6. The van der Waals surface area contributed by atoms with Crippen molar-refractivity contribution in [3.05, 3.63) is 83.1 Å². The molecule has 3 heterocycles. The smallest absolute Gasteiger partial charge is 0.419 e. The Morgan fingerprint density at radius 3 is 2.54 bits per heavy atom. The number of aromatic nitrogens is 1. The summed E-state index contributed by atoms with van der Waals surface area (Å²) in [6.07, 6.45) is 7.02. The first-order valence-corrected chi connectivity index (χ1v) is 15.8. The van der Waals surface area contributed by atoms with Crippen LogP contribution in [0.25, 0.3) is 21.7 Å². The molecule has 2 aliphatic rings. The summed E-state index contributed by atoms with van der Waals surface area (Å²) >= 11 is 0. The molecule has 3 aromatic carbocycles. The maximum Gasteiger partial charge on any atom is 0.419 e. The van der Waals surface area contributed by atoms with Crippen molar-refractivity contribution in [3.8, 4) is 11.5 Å². The predicted molar refractivity (Wildman–Crippen MR) is 177 cm³/mol. The molecule has 9 nitrogen and oxygen atoms in total. The molecular formula is C37H42N2O7. The quantitative estimate of drug-likeness (QED) is 0.172. The molecule has 2 aliphatic heterocycles. The van der Waals surface area contributed by atoms with Crippen LogP contribution in [0, 0.1) is 6.92 Å². The second kappa shape index (κ2) is 12.8. The summed E-state index contributed by atoms with van der Waals surface area (Å²) in [7, 11) is 3.08. The second-order valence-corrected chi connectivity index (χ2v) is 13.0. The van der Waals surface area contributed by atoms with Crippen LogP contribution < -0.4 is 9.47 Å². The topological polar surface area (TPSA) is 88.5 Å². The zero-order chi connectivity index (χ0) is 32.6. The van der Waals surface area contributed by atoms with Gasteiger partial charge in [0.05, 0.1) is 38.0 Å². The number of nitrogens with zero attached hydrogens (tertiary/aromatic N) is 2. The van der Waals surface area contributed by atoms with E-state index < -0.39 is 11.7 Å². The van der Waals surface area contributed by atoms with Crippen LogP contribution in [0.5, 0.6) is 11.5 Å². The van der Waals surface area contributed by atoms with Crippen molar-refractivity contribution in [2.45, 2.75) is 64.8 Å². The van der Waals surface area contributed by atoms with Crippen LogP contribution in [-0.2, 0) is 20.8 Å². The average molecular weight is 627 g/mol. The van der Waals surface area contributed by atoms with Crippen molar-refractivity contribution in [1.82, 2.24) is 9.47 Å². The monoisotopic (exact) mass is 626 g/mol. The van der Waals surface area contributed by atoms with Crippen LogP contribution in [0.4, 0.5) is 4.79 Å². The minimum absolute atomic E-state index is 0.0399. The molecule has 9 heteroatoms. The third-order valence-corrected chi connectivity index (χ3v) is 8.79. The van der Waals surface area contributed by atoms with Gasteiger partial charge >= 0.3 is 12.1 Å². The lowest BCUT2D eigenvalue weighted by molar-refractivity contribution is -0.00747. The first kappa shape index (κ1) is 31.6.